The summed E-state index contributed by atoms with van der Waals surface area (Å²) in [6.45, 7) is 6.10. The molecule has 1 aliphatic heterocycles. The molecule has 1 aromatic rings. The van der Waals surface area contributed by atoms with Crippen LogP contribution in [0.25, 0.3) is 0 Å². The highest BCUT2D eigenvalue weighted by Crippen LogP contribution is 2.27. The Morgan fingerprint density at radius 3 is 2.37 bits per heavy atom. The normalized spacial score (nSPS) is 17.4. The Hall–Kier alpha value is -1.11. The highest BCUT2D eigenvalue weighted by atomic mass is 32.2. The molecule has 0 aliphatic carbocycles. The lowest BCUT2D eigenvalue weighted by Gasteiger charge is -2.27. The van der Waals surface area contributed by atoms with Crippen LogP contribution < -0.4 is 10.1 Å². The van der Waals surface area contributed by atoms with Crippen molar-refractivity contribution in [3.05, 3.63) is 23.3 Å². The number of benzene rings is 1. The van der Waals surface area contributed by atoms with Crippen LogP contribution in [-0.2, 0) is 10.0 Å². The molecule has 0 saturated carbocycles. The SMILES string of the molecule is COc1cc(C)c(S(=O)(=O)N2CCNCC2)cc1C. The molecule has 1 fully saturated rings. The fraction of sp³-hybridized carbons (Fsp3) is 0.538. The van der Waals surface area contributed by atoms with Crippen LogP contribution in [0.5, 0.6) is 5.75 Å². The molecule has 106 valence electrons. The number of methoxy groups -OCH3 is 1. The Morgan fingerprint density at radius 2 is 1.79 bits per heavy atom. The highest BCUT2D eigenvalue weighted by Gasteiger charge is 2.27. The second-order valence-electron chi connectivity index (χ2n) is 4.74. The van der Waals surface area contributed by atoms with Gasteiger partial charge in [0.15, 0.2) is 0 Å². The number of nitrogens with one attached hydrogen (secondary N) is 1. The van der Waals surface area contributed by atoms with Crippen molar-refractivity contribution >= 4 is 10.0 Å². The molecule has 0 spiro atoms. The van der Waals surface area contributed by atoms with Crippen LogP contribution in [0.3, 0.4) is 0 Å². The molecule has 1 aliphatic rings. The average molecular weight is 284 g/mol. The fourth-order valence-electron chi connectivity index (χ4n) is 2.28. The molecule has 0 bridgehead atoms. The molecule has 0 unspecified atom stereocenters. The maximum Gasteiger partial charge on any atom is 0.243 e. The third-order valence-electron chi connectivity index (χ3n) is 3.39. The van der Waals surface area contributed by atoms with Gasteiger partial charge in [0.2, 0.25) is 10.0 Å². The zero-order valence-electron chi connectivity index (χ0n) is 11.6. The van der Waals surface area contributed by atoms with E-state index in [1.807, 2.05) is 6.92 Å². The minimum atomic E-state index is -3.40. The Kier molecular flexibility index (Phi) is 4.13. The van der Waals surface area contributed by atoms with E-state index in [-0.39, 0.29) is 0 Å². The summed E-state index contributed by atoms with van der Waals surface area (Å²) in [6.07, 6.45) is 0. The summed E-state index contributed by atoms with van der Waals surface area (Å²) in [6, 6.07) is 3.48. The fourth-order valence-corrected chi connectivity index (χ4v) is 4.02. The van der Waals surface area contributed by atoms with Gasteiger partial charge >= 0.3 is 0 Å². The molecular formula is C13H20N2O3S. The number of aryl methyl sites for hydroxylation is 2. The molecule has 1 aromatic carbocycles. The van der Waals surface area contributed by atoms with Crippen LogP contribution in [0.15, 0.2) is 17.0 Å². The second kappa shape index (κ2) is 5.48. The summed E-state index contributed by atoms with van der Waals surface area (Å²) in [5.41, 5.74) is 1.56. The molecule has 0 aromatic heterocycles. The van der Waals surface area contributed by atoms with Gasteiger partial charge < -0.3 is 10.1 Å². The van der Waals surface area contributed by atoms with Gasteiger partial charge in [-0.25, -0.2) is 8.42 Å². The number of hydrogen-bond acceptors (Lipinski definition) is 4. The van der Waals surface area contributed by atoms with Crippen molar-refractivity contribution in [1.82, 2.24) is 9.62 Å². The molecule has 0 atom stereocenters. The topological polar surface area (TPSA) is 58.6 Å². The molecule has 5 nitrogen and oxygen atoms in total. The lowest BCUT2D eigenvalue weighted by Crippen LogP contribution is -2.46. The van der Waals surface area contributed by atoms with Crippen molar-refractivity contribution in [2.75, 3.05) is 33.3 Å². The first-order valence-corrected chi connectivity index (χ1v) is 7.77. The van der Waals surface area contributed by atoms with E-state index in [0.717, 1.165) is 16.9 Å². The molecule has 1 heterocycles. The molecule has 1 N–H and O–H groups in total. The molecule has 0 radical (unpaired) electrons. The van der Waals surface area contributed by atoms with Crippen molar-refractivity contribution in [3.63, 3.8) is 0 Å². The smallest absolute Gasteiger partial charge is 0.243 e. The first-order valence-electron chi connectivity index (χ1n) is 6.33. The van der Waals surface area contributed by atoms with E-state index < -0.39 is 10.0 Å². The predicted molar refractivity (Wildman–Crippen MR) is 74.1 cm³/mol. The standard InChI is InChI=1S/C13H20N2O3S/c1-10-9-13(11(2)8-12(10)18-3)19(16,17)15-6-4-14-5-7-15/h8-9,14H,4-7H2,1-3H3. The Bertz CT molecular complexity index is 563. The van der Waals surface area contributed by atoms with E-state index in [0.29, 0.717) is 31.1 Å². The summed E-state index contributed by atoms with van der Waals surface area (Å²) >= 11 is 0. The van der Waals surface area contributed by atoms with E-state index >= 15 is 0 Å². The lowest BCUT2D eigenvalue weighted by molar-refractivity contribution is 0.360. The number of nitrogens with zero attached hydrogens (tertiary/aromatic N) is 1. The van der Waals surface area contributed by atoms with Crippen LogP contribution in [0.4, 0.5) is 0 Å². The maximum absolute atomic E-state index is 12.6. The molecule has 1 saturated heterocycles. The van der Waals surface area contributed by atoms with Gasteiger partial charge in [-0.1, -0.05) is 0 Å². The Labute approximate surface area is 114 Å². The minimum absolute atomic E-state index is 0.382. The summed E-state index contributed by atoms with van der Waals surface area (Å²) in [4.78, 5) is 0.382. The maximum atomic E-state index is 12.6. The highest BCUT2D eigenvalue weighted by molar-refractivity contribution is 7.89. The van der Waals surface area contributed by atoms with E-state index in [4.69, 9.17) is 4.74 Å². The zero-order valence-corrected chi connectivity index (χ0v) is 12.4. The third-order valence-corrected chi connectivity index (χ3v) is 5.43. The van der Waals surface area contributed by atoms with Gasteiger partial charge in [0.25, 0.3) is 0 Å². The molecular weight excluding hydrogens is 264 g/mol. The van der Waals surface area contributed by atoms with Crippen LogP contribution in [0.1, 0.15) is 11.1 Å². The van der Waals surface area contributed by atoms with E-state index in [9.17, 15) is 8.42 Å². The molecule has 19 heavy (non-hydrogen) atoms. The van der Waals surface area contributed by atoms with Crippen molar-refractivity contribution in [2.24, 2.45) is 0 Å². The number of sulfonamides is 1. The summed E-state index contributed by atoms with van der Waals surface area (Å²) in [5, 5.41) is 3.16. The quantitative estimate of drug-likeness (QED) is 0.896. The monoisotopic (exact) mass is 284 g/mol. The summed E-state index contributed by atoms with van der Waals surface area (Å²) in [5.74, 6) is 0.719. The van der Waals surface area contributed by atoms with Gasteiger partial charge in [0.1, 0.15) is 5.75 Å². The van der Waals surface area contributed by atoms with Crippen LogP contribution in [0, 0.1) is 13.8 Å². The van der Waals surface area contributed by atoms with Gasteiger partial charge in [-0.2, -0.15) is 4.31 Å². The average Bonchev–Trinajstić information content (AvgIpc) is 2.41. The number of ether oxygens (including phenoxy) is 1. The first kappa shape index (κ1) is 14.3. The number of rotatable bonds is 3. The van der Waals surface area contributed by atoms with Crippen molar-refractivity contribution < 1.29 is 13.2 Å². The van der Waals surface area contributed by atoms with Gasteiger partial charge in [0, 0.05) is 26.2 Å². The van der Waals surface area contributed by atoms with Crippen LogP contribution in [0.2, 0.25) is 0 Å². The predicted octanol–water partition coefficient (Wildman–Crippen LogP) is 0.906. The summed E-state index contributed by atoms with van der Waals surface area (Å²) < 4.78 is 32.0. The van der Waals surface area contributed by atoms with Crippen LogP contribution >= 0.6 is 0 Å². The molecule has 0 amide bonds. The van der Waals surface area contributed by atoms with E-state index in [1.165, 1.54) is 4.31 Å². The Morgan fingerprint density at radius 1 is 1.16 bits per heavy atom. The largest absolute Gasteiger partial charge is 0.496 e. The van der Waals surface area contributed by atoms with E-state index in [2.05, 4.69) is 5.32 Å². The van der Waals surface area contributed by atoms with Crippen molar-refractivity contribution in [1.29, 1.82) is 0 Å². The number of hydrogen-bond donors (Lipinski definition) is 1. The second-order valence-corrected chi connectivity index (χ2v) is 6.65. The van der Waals surface area contributed by atoms with Gasteiger partial charge in [-0.3, -0.25) is 0 Å². The Balaban J connectivity index is 2.42. The minimum Gasteiger partial charge on any atom is -0.496 e. The van der Waals surface area contributed by atoms with Crippen LogP contribution in [-0.4, -0.2) is 46.0 Å². The number of piperazine rings is 1. The lowest BCUT2D eigenvalue weighted by atomic mass is 10.1. The van der Waals surface area contributed by atoms with Crippen molar-refractivity contribution in [2.45, 2.75) is 18.7 Å². The van der Waals surface area contributed by atoms with Crippen molar-refractivity contribution in [3.8, 4) is 5.75 Å². The first-order chi connectivity index (χ1) is 8.96. The van der Waals surface area contributed by atoms with Gasteiger partial charge in [-0.05, 0) is 37.1 Å². The van der Waals surface area contributed by atoms with Gasteiger partial charge in [-0.15, -0.1) is 0 Å². The third kappa shape index (κ3) is 2.75. The summed E-state index contributed by atoms with van der Waals surface area (Å²) in [7, 11) is -1.81. The molecule has 6 heteroatoms. The molecule has 2 rings (SSSR count). The zero-order chi connectivity index (χ0) is 14.0. The van der Waals surface area contributed by atoms with E-state index in [1.54, 1.807) is 26.2 Å². The van der Waals surface area contributed by atoms with Gasteiger partial charge in [0.05, 0.1) is 12.0 Å².